The number of carbonyl (C=O) groups is 1. The second-order valence-electron chi connectivity index (χ2n) is 3.41. The van der Waals surface area contributed by atoms with Crippen LogP contribution in [-0.2, 0) is 6.42 Å². The van der Waals surface area contributed by atoms with Gasteiger partial charge in [-0.15, -0.1) is 11.3 Å². The van der Waals surface area contributed by atoms with Crippen molar-refractivity contribution in [3.63, 3.8) is 0 Å². The van der Waals surface area contributed by atoms with Gasteiger partial charge in [-0.25, -0.2) is 4.98 Å². The van der Waals surface area contributed by atoms with E-state index in [-0.39, 0.29) is 0 Å². The van der Waals surface area contributed by atoms with Gasteiger partial charge < -0.3 is 0 Å². The molecule has 1 heterocycles. The highest BCUT2D eigenvalue weighted by Crippen LogP contribution is 2.16. The number of aromatic nitrogens is 1. The van der Waals surface area contributed by atoms with Crippen LogP contribution >= 0.6 is 11.3 Å². The molecule has 1 aromatic carbocycles. The van der Waals surface area contributed by atoms with Crippen molar-refractivity contribution in [2.45, 2.75) is 13.3 Å². The van der Waals surface area contributed by atoms with E-state index in [1.165, 1.54) is 5.56 Å². The molecule has 0 atom stereocenters. The zero-order valence-electron chi connectivity index (χ0n) is 8.43. The van der Waals surface area contributed by atoms with Crippen LogP contribution in [0.2, 0.25) is 0 Å². The van der Waals surface area contributed by atoms with Crippen molar-refractivity contribution in [3.05, 3.63) is 51.5 Å². The molecule has 0 amide bonds. The Labute approximate surface area is 92.6 Å². The molecule has 0 radical (unpaired) electrons. The SMILES string of the molecule is Cc1cc(C=O)ccc1Cc1nccs1. The minimum Gasteiger partial charge on any atom is -0.298 e. The molecule has 0 bridgehead atoms. The van der Waals surface area contributed by atoms with Crippen LogP contribution in [0.25, 0.3) is 0 Å². The Kier molecular flexibility index (Phi) is 2.92. The van der Waals surface area contributed by atoms with E-state index in [1.807, 2.05) is 36.7 Å². The lowest BCUT2D eigenvalue weighted by molar-refractivity contribution is 0.112. The Morgan fingerprint density at radius 2 is 2.33 bits per heavy atom. The number of aryl methyl sites for hydroxylation is 1. The van der Waals surface area contributed by atoms with Gasteiger partial charge in [0.2, 0.25) is 0 Å². The number of rotatable bonds is 3. The molecule has 15 heavy (non-hydrogen) atoms. The molecule has 1 aromatic heterocycles. The van der Waals surface area contributed by atoms with Crippen molar-refractivity contribution in [2.75, 3.05) is 0 Å². The van der Waals surface area contributed by atoms with E-state index >= 15 is 0 Å². The molecule has 2 aromatic rings. The van der Waals surface area contributed by atoms with Crippen molar-refractivity contribution in [2.24, 2.45) is 0 Å². The van der Waals surface area contributed by atoms with E-state index in [2.05, 4.69) is 4.98 Å². The smallest absolute Gasteiger partial charge is 0.150 e. The lowest BCUT2D eigenvalue weighted by Gasteiger charge is -2.03. The van der Waals surface area contributed by atoms with Gasteiger partial charge in [0.25, 0.3) is 0 Å². The topological polar surface area (TPSA) is 30.0 Å². The van der Waals surface area contributed by atoms with Crippen LogP contribution in [0.15, 0.2) is 29.8 Å². The first-order valence-corrected chi connectivity index (χ1v) is 5.60. The van der Waals surface area contributed by atoms with E-state index < -0.39 is 0 Å². The number of nitrogens with zero attached hydrogens (tertiary/aromatic N) is 1. The minimum absolute atomic E-state index is 0.732. The van der Waals surface area contributed by atoms with Crippen molar-refractivity contribution < 1.29 is 4.79 Å². The molecular weight excluding hydrogens is 206 g/mol. The third-order valence-electron chi connectivity index (χ3n) is 2.33. The van der Waals surface area contributed by atoms with Crippen LogP contribution in [0.5, 0.6) is 0 Å². The maximum atomic E-state index is 10.6. The number of thiazole rings is 1. The first-order chi connectivity index (χ1) is 7.29. The van der Waals surface area contributed by atoms with E-state index in [1.54, 1.807) is 11.3 Å². The molecular formula is C12H11NOS. The Bertz CT molecular complexity index is 462. The molecule has 3 heteroatoms. The van der Waals surface area contributed by atoms with E-state index in [9.17, 15) is 4.79 Å². The van der Waals surface area contributed by atoms with Gasteiger partial charge in [0.15, 0.2) is 0 Å². The second kappa shape index (κ2) is 4.36. The Balaban J connectivity index is 2.26. The Morgan fingerprint density at radius 3 is 2.93 bits per heavy atom. The van der Waals surface area contributed by atoms with Gasteiger partial charge in [0, 0.05) is 23.6 Å². The van der Waals surface area contributed by atoms with Crippen LogP contribution in [0, 0.1) is 6.92 Å². The van der Waals surface area contributed by atoms with E-state index in [0.29, 0.717) is 0 Å². The largest absolute Gasteiger partial charge is 0.298 e. The third-order valence-corrected chi connectivity index (χ3v) is 3.11. The minimum atomic E-state index is 0.732. The molecule has 2 rings (SSSR count). The highest BCUT2D eigenvalue weighted by Gasteiger charge is 2.02. The molecule has 0 saturated carbocycles. The van der Waals surface area contributed by atoms with Crippen LogP contribution in [0.1, 0.15) is 26.5 Å². The van der Waals surface area contributed by atoms with Gasteiger partial charge >= 0.3 is 0 Å². The normalized spacial score (nSPS) is 10.2. The quantitative estimate of drug-likeness (QED) is 0.740. The van der Waals surface area contributed by atoms with Crippen LogP contribution in [0.3, 0.4) is 0 Å². The highest BCUT2D eigenvalue weighted by molar-refractivity contribution is 7.09. The summed E-state index contributed by atoms with van der Waals surface area (Å²) in [7, 11) is 0. The summed E-state index contributed by atoms with van der Waals surface area (Å²) < 4.78 is 0. The molecule has 2 nitrogen and oxygen atoms in total. The lowest BCUT2D eigenvalue weighted by atomic mass is 10.0. The van der Waals surface area contributed by atoms with E-state index in [0.717, 1.165) is 28.8 Å². The fourth-order valence-corrected chi connectivity index (χ4v) is 2.13. The summed E-state index contributed by atoms with van der Waals surface area (Å²) in [6.07, 6.45) is 3.54. The summed E-state index contributed by atoms with van der Waals surface area (Å²) in [4.78, 5) is 14.8. The first-order valence-electron chi connectivity index (χ1n) is 4.72. The monoisotopic (exact) mass is 217 g/mol. The standard InChI is InChI=1S/C12H11NOS/c1-9-6-10(8-14)2-3-11(9)7-12-13-4-5-15-12/h2-6,8H,7H2,1H3. The summed E-state index contributed by atoms with van der Waals surface area (Å²) in [5.41, 5.74) is 3.11. The Hall–Kier alpha value is -1.48. The van der Waals surface area contributed by atoms with Crippen molar-refractivity contribution >= 4 is 17.6 Å². The van der Waals surface area contributed by atoms with Gasteiger partial charge in [-0.2, -0.15) is 0 Å². The molecule has 76 valence electrons. The molecule has 0 saturated heterocycles. The fraction of sp³-hybridized carbons (Fsp3) is 0.167. The average molecular weight is 217 g/mol. The van der Waals surface area contributed by atoms with Gasteiger partial charge in [0.1, 0.15) is 6.29 Å². The number of hydrogen-bond donors (Lipinski definition) is 0. The zero-order valence-corrected chi connectivity index (χ0v) is 9.25. The van der Waals surface area contributed by atoms with Gasteiger partial charge in [-0.1, -0.05) is 12.1 Å². The van der Waals surface area contributed by atoms with Crippen LogP contribution < -0.4 is 0 Å². The second-order valence-corrected chi connectivity index (χ2v) is 4.39. The zero-order chi connectivity index (χ0) is 10.7. The fourth-order valence-electron chi connectivity index (χ4n) is 1.49. The summed E-state index contributed by atoms with van der Waals surface area (Å²) in [5, 5.41) is 3.08. The van der Waals surface area contributed by atoms with Crippen molar-refractivity contribution in [3.8, 4) is 0 Å². The lowest BCUT2D eigenvalue weighted by Crippen LogP contribution is -1.92. The molecule has 0 unspecified atom stereocenters. The predicted molar refractivity (Wildman–Crippen MR) is 61.5 cm³/mol. The predicted octanol–water partition coefficient (Wildman–Crippen LogP) is 2.85. The number of hydrogen-bond acceptors (Lipinski definition) is 3. The summed E-state index contributed by atoms with van der Waals surface area (Å²) >= 11 is 1.66. The molecule has 0 N–H and O–H groups in total. The molecule has 0 aliphatic carbocycles. The van der Waals surface area contributed by atoms with Crippen LogP contribution in [-0.4, -0.2) is 11.3 Å². The van der Waals surface area contributed by atoms with E-state index in [4.69, 9.17) is 0 Å². The van der Waals surface area contributed by atoms with Crippen molar-refractivity contribution in [1.82, 2.24) is 4.98 Å². The molecule has 0 fully saturated rings. The number of carbonyl (C=O) groups excluding carboxylic acids is 1. The number of aldehydes is 1. The van der Waals surface area contributed by atoms with Gasteiger partial charge in [-0.3, -0.25) is 4.79 Å². The van der Waals surface area contributed by atoms with Gasteiger partial charge in [-0.05, 0) is 24.1 Å². The molecule has 0 spiro atoms. The maximum absolute atomic E-state index is 10.6. The third kappa shape index (κ3) is 2.30. The van der Waals surface area contributed by atoms with Gasteiger partial charge in [0.05, 0.1) is 5.01 Å². The number of benzene rings is 1. The molecule has 0 aliphatic heterocycles. The van der Waals surface area contributed by atoms with Crippen LogP contribution in [0.4, 0.5) is 0 Å². The summed E-state index contributed by atoms with van der Waals surface area (Å²) in [5.74, 6) is 0. The first kappa shape index (κ1) is 10.1. The summed E-state index contributed by atoms with van der Waals surface area (Å²) in [6.45, 7) is 2.02. The maximum Gasteiger partial charge on any atom is 0.150 e. The Morgan fingerprint density at radius 1 is 1.47 bits per heavy atom. The summed E-state index contributed by atoms with van der Waals surface area (Å²) in [6, 6.07) is 5.76. The molecule has 0 aliphatic rings. The highest BCUT2D eigenvalue weighted by atomic mass is 32.1. The average Bonchev–Trinajstić information content (AvgIpc) is 2.74. The van der Waals surface area contributed by atoms with Crippen molar-refractivity contribution in [1.29, 1.82) is 0 Å².